The number of alkyl halides is 2. The maximum Gasteiger partial charge on any atom is 0.309 e. The molecule has 1 aliphatic carbocycles. The number of hydrogen-bond acceptors (Lipinski definition) is 5. The average molecular weight is 341 g/mol. The molecule has 0 radical (unpaired) electrons. The number of aryl methyl sites for hydroxylation is 1. The van der Waals surface area contributed by atoms with Crippen LogP contribution in [0.2, 0.25) is 0 Å². The van der Waals surface area contributed by atoms with Crippen LogP contribution in [0.5, 0.6) is 0 Å². The number of ether oxygens (including phenoxy) is 1. The quantitative estimate of drug-likeness (QED) is 0.443. The summed E-state index contributed by atoms with van der Waals surface area (Å²) in [5.74, 6) is 3.56. The van der Waals surface area contributed by atoms with Crippen LogP contribution in [0.1, 0.15) is 43.5 Å². The molecule has 0 saturated heterocycles. The maximum atomic E-state index is 13.5. The number of nitrogens with one attached hydrogen (secondary N) is 1. The normalized spacial score (nSPS) is 22.8. The summed E-state index contributed by atoms with van der Waals surface area (Å²) >= 11 is 0. The molecular formula is C13H23ClF2N4O2. The van der Waals surface area contributed by atoms with Gasteiger partial charge in [0.25, 0.3) is 0 Å². The van der Waals surface area contributed by atoms with E-state index in [2.05, 4.69) is 21.9 Å². The summed E-state index contributed by atoms with van der Waals surface area (Å²) in [6.45, 7) is 3.72. The molecule has 1 saturated carbocycles. The Balaban J connectivity index is 0.00000141. The van der Waals surface area contributed by atoms with Gasteiger partial charge in [0, 0.05) is 24.5 Å². The first-order valence-corrected chi connectivity index (χ1v) is 6.82. The van der Waals surface area contributed by atoms with E-state index in [9.17, 15) is 13.6 Å². The Hall–Kier alpha value is -1.25. The van der Waals surface area contributed by atoms with Gasteiger partial charge in [-0.1, -0.05) is 0 Å². The predicted molar refractivity (Wildman–Crippen MR) is 80.6 cm³/mol. The third-order valence-electron chi connectivity index (χ3n) is 3.52. The van der Waals surface area contributed by atoms with Crippen LogP contribution in [-0.2, 0) is 9.53 Å². The number of rotatable bonds is 3. The number of H-pyrrole nitrogens is 1. The Labute approximate surface area is 134 Å². The zero-order valence-electron chi connectivity index (χ0n) is 12.6. The van der Waals surface area contributed by atoms with Gasteiger partial charge in [0.05, 0.1) is 18.2 Å². The van der Waals surface area contributed by atoms with E-state index >= 15 is 0 Å². The van der Waals surface area contributed by atoms with Gasteiger partial charge in [0.15, 0.2) is 0 Å². The smallest absolute Gasteiger partial charge is 0.309 e. The second kappa shape index (κ2) is 9.02. The van der Waals surface area contributed by atoms with Gasteiger partial charge in [0.2, 0.25) is 5.92 Å². The van der Waals surface area contributed by atoms with E-state index in [1.807, 2.05) is 6.92 Å². The van der Waals surface area contributed by atoms with Crippen molar-refractivity contribution in [1.29, 1.82) is 0 Å². The van der Waals surface area contributed by atoms with Gasteiger partial charge in [-0.3, -0.25) is 21.6 Å². The van der Waals surface area contributed by atoms with Crippen molar-refractivity contribution in [2.75, 3.05) is 6.61 Å². The standard InChI is InChI=1S/C13H18F2N2O2.ClH.H4N2/c1-3-19-12(18)10-7-13(14,15)5-4-9(10)11-6-8(2)16-17-11;;1-2/h6,9-10H,3-5,7H2,1-2H3,(H,16,17);1H;1-2H2. The summed E-state index contributed by atoms with van der Waals surface area (Å²) in [6.07, 6.45) is -0.414. The molecule has 0 aromatic carbocycles. The largest absolute Gasteiger partial charge is 0.466 e. The maximum absolute atomic E-state index is 13.5. The lowest BCUT2D eigenvalue weighted by Crippen LogP contribution is -2.36. The third-order valence-corrected chi connectivity index (χ3v) is 3.52. The van der Waals surface area contributed by atoms with Crippen LogP contribution in [0.3, 0.4) is 0 Å². The number of nitrogens with two attached hydrogens (primary N) is 2. The summed E-state index contributed by atoms with van der Waals surface area (Å²) in [6, 6.07) is 1.81. The van der Waals surface area contributed by atoms with Crippen molar-refractivity contribution in [3.8, 4) is 0 Å². The highest BCUT2D eigenvalue weighted by atomic mass is 35.5. The van der Waals surface area contributed by atoms with Gasteiger partial charge in [0.1, 0.15) is 0 Å². The van der Waals surface area contributed by atoms with E-state index in [-0.39, 0.29) is 37.8 Å². The number of esters is 1. The predicted octanol–water partition coefficient (Wildman–Crippen LogP) is 2.04. The molecule has 22 heavy (non-hydrogen) atoms. The molecule has 0 amide bonds. The molecule has 9 heteroatoms. The van der Waals surface area contributed by atoms with E-state index in [1.165, 1.54) is 0 Å². The zero-order chi connectivity index (χ0) is 16.0. The SMILES string of the molecule is CCOC(=O)C1CC(F)(F)CCC1c1cc(C)[nH]n1.Cl.NN. The number of nitrogens with zero attached hydrogens (tertiary/aromatic N) is 1. The molecule has 1 aromatic heterocycles. The van der Waals surface area contributed by atoms with Crippen LogP contribution in [0, 0.1) is 12.8 Å². The molecule has 5 N–H and O–H groups in total. The molecule has 1 aliphatic rings. The van der Waals surface area contributed by atoms with Gasteiger partial charge in [-0.15, -0.1) is 12.4 Å². The summed E-state index contributed by atoms with van der Waals surface area (Å²) < 4.78 is 31.9. The fraction of sp³-hybridized carbons (Fsp3) is 0.692. The molecule has 1 fully saturated rings. The van der Waals surface area contributed by atoms with Gasteiger partial charge < -0.3 is 4.74 Å². The highest BCUT2D eigenvalue weighted by Gasteiger charge is 2.46. The van der Waals surface area contributed by atoms with E-state index in [0.29, 0.717) is 5.69 Å². The van der Waals surface area contributed by atoms with Crippen LogP contribution < -0.4 is 11.7 Å². The van der Waals surface area contributed by atoms with Gasteiger partial charge in [-0.05, 0) is 26.3 Å². The topological polar surface area (TPSA) is 107 Å². The number of carbonyl (C=O) groups excluding carboxylic acids is 1. The lowest BCUT2D eigenvalue weighted by atomic mass is 9.75. The van der Waals surface area contributed by atoms with Crippen LogP contribution in [-0.4, -0.2) is 28.7 Å². The number of aromatic amines is 1. The van der Waals surface area contributed by atoms with Crippen LogP contribution >= 0.6 is 12.4 Å². The minimum Gasteiger partial charge on any atom is -0.466 e. The lowest BCUT2D eigenvalue weighted by molar-refractivity contribution is -0.156. The number of aromatic nitrogens is 2. The zero-order valence-corrected chi connectivity index (χ0v) is 13.5. The monoisotopic (exact) mass is 340 g/mol. The van der Waals surface area contributed by atoms with Gasteiger partial charge in [-0.25, -0.2) is 8.78 Å². The minimum atomic E-state index is -2.79. The Morgan fingerprint density at radius 2 is 2.18 bits per heavy atom. The Morgan fingerprint density at radius 1 is 1.55 bits per heavy atom. The van der Waals surface area contributed by atoms with Crippen molar-refractivity contribution in [1.82, 2.24) is 10.2 Å². The molecule has 0 aliphatic heterocycles. The average Bonchev–Trinajstić information content (AvgIpc) is 2.87. The van der Waals surface area contributed by atoms with Gasteiger partial charge in [-0.2, -0.15) is 5.10 Å². The molecule has 0 bridgehead atoms. The van der Waals surface area contributed by atoms with E-state index in [4.69, 9.17) is 4.74 Å². The molecule has 1 aromatic rings. The van der Waals surface area contributed by atoms with Crippen molar-refractivity contribution in [2.45, 2.75) is 45.0 Å². The fourth-order valence-electron chi connectivity index (χ4n) is 2.61. The first-order chi connectivity index (χ1) is 9.93. The first kappa shape index (κ1) is 20.8. The highest BCUT2D eigenvalue weighted by Crippen LogP contribution is 2.44. The highest BCUT2D eigenvalue weighted by molar-refractivity contribution is 5.85. The molecule has 128 valence electrons. The number of hydrazine groups is 1. The third kappa shape index (κ3) is 5.19. The summed E-state index contributed by atoms with van der Waals surface area (Å²) in [7, 11) is 0. The van der Waals surface area contributed by atoms with Crippen molar-refractivity contribution in [3.63, 3.8) is 0 Å². The second-order valence-electron chi connectivity index (χ2n) is 5.04. The molecule has 6 nitrogen and oxygen atoms in total. The number of halogens is 3. The lowest BCUT2D eigenvalue weighted by Gasteiger charge is -2.33. The molecule has 2 unspecified atom stereocenters. The van der Waals surface area contributed by atoms with Crippen LogP contribution in [0.4, 0.5) is 8.78 Å². The van der Waals surface area contributed by atoms with E-state index in [1.54, 1.807) is 13.0 Å². The summed E-state index contributed by atoms with van der Waals surface area (Å²) in [4.78, 5) is 11.9. The molecule has 1 heterocycles. The first-order valence-electron chi connectivity index (χ1n) is 6.82. The minimum absolute atomic E-state index is 0. The summed E-state index contributed by atoms with van der Waals surface area (Å²) in [5.41, 5.74) is 1.53. The van der Waals surface area contributed by atoms with E-state index < -0.39 is 24.2 Å². The van der Waals surface area contributed by atoms with Crippen LogP contribution in [0.25, 0.3) is 0 Å². The van der Waals surface area contributed by atoms with Crippen molar-refractivity contribution in [3.05, 3.63) is 17.5 Å². The van der Waals surface area contributed by atoms with Crippen molar-refractivity contribution in [2.24, 2.45) is 17.6 Å². The van der Waals surface area contributed by atoms with Crippen molar-refractivity contribution < 1.29 is 18.3 Å². The number of carbonyl (C=O) groups is 1. The number of hydrogen-bond donors (Lipinski definition) is 3. The summed E-state index contributed by atoms with van der Waals surface area (Å²) in [5, 5.41) is 6.89. The Bertz CT molecular complexity index is 471. The van der Waals surface area contributed by atoms with E-state index in [0.717, 1.165) is 5.69 Å². The molecule has 0 spiro atoms. The molecular weight excluding hydrogens is 318 g/mol. The van der Waals surface area contributed by atoms with Crippen molar-refractivity contribution >= 4 is 18.4 Å². The van der Waals surface area contributed by atoms with Gasteiger partial charge >= 0.3 is 5.97 Å². The molecule has 2 rings (SSSR count). The Kier molecular flexibility index (Phi) is 8.50. The molecule has 2 atom stereocenters. The second-order valence-corrected chi connectivity index (χ2v) is 5.04. The fourth-order valence-corrected chi connectivity index (χ4v) is 2.61. The van der Waals surface area contributed by atoms with Crippen LogP contribution in [0.15, 0.2) is 6.07 Å². The Morgan fingerprint density at radius 3 is 2.68 bits per heavy atom.